The van der Waals surface area contributed by atoms with E-state index in [0.717, 1.165) is 24.3 Å². The Morgan fingerprint density at radius 2 is 1.73 bits per heavy atom. The van der Waals surface area contributed by atoms with Gasteiger partial charge in [-0.25, -0.2) is 21.9 Å². The monoisotopic (exact) mass is 441 g/mol. The van der Waals surface area contributed by atoms with Crippen LogP contribution in [0.3, 0.4) is 0 Å². The predicted molar refractivity (Wildman–Crippen MR) is 104 cm³/mol. The molecule has 0 radical (unpaired) electrons. The highest BCUT2D eigenvalue weighted by Crippen LogP contribution is 2.18. The number of ether oxygens (including phenoxy) is 1. The van der Waals surface area contributed by atoms with Crippen LogP contribution >= 0.6 is 0 Å². The molecule has 2 amide bonds. The summed E-state index contributed by atoms with van der Waals surface area (Å²) in [5, 5.41) is 2.30. The topological polar surface area (TPSA) is 105 Å². The van der Waals surface area contributed by atoms with E-state index >= 15 is 0 Å². The van der Waals surface area contributed by atoms with Crippen LogP contribution in [0.1, 0.15) is 5.56 Å². The van der Waals surface area contributed by atoms with Gasteiger partial charge >= 0.3 is 0 Å². The minimum absolute atomic E-state index is 0.0862. The van der Waals surface area contributed by atoms with Crippen molar-refractivity contribution in [3.8, 4) is 5.75 Å². The molecule has 0 spiro atoms. The molecule has 0 aliphatic rings. The summed E-state index contributed by atoms with van der Waals surface area (Å²) in [5.41, 5.74) is 0.530. The van der Waals surface area contributed by atoms with Gasteiger partial charge < -0.3 is 15.0 Å². The Hall–Kier alpha value is -3.05. The fourth-order valence-corrected chi connectivity index (χ4v) is 3.38. The van der Waals surface area contributed by atoms with Crippen LogP contribution in [-0.2, 0) is 26.2 Å². The molecule has 2 N–H and O–H groups in total. The van der Waals surface area contributed by atoms with Gasteiger partial charge in [0.15, 0.2) is 11.6 Å². The van der Waals surface area contributed by atoms with Crippen molar-refractivity contribution < 1.29 is 31.5 Å². The first-order chi connectivity index (χ1) is 14.1. The molecule has 0 bridgehead atoms. The average molecular weight is 441 g/mol. The zero-order valence-corrected chi connectivity index (χ0v) is 17.1. The second-order valence-corrected chi connectivity index (χ2v) is 8.04. The van der Waals surface area contributed by atoms with Gasteiger partial charge in [0.1, 0.15) is 5.82 Å². The number of nitrogens with zero attached hydrogens (tertiary/aromatic N) is 1. The van der Waals surface area contributed by atoms with Gasteiger partial charge in [-0.15, -0.1) is 0 Å². The van der Waals surface area contributed by atoms with E-state index in [1.807, 2.05) is 0 Å². The molecular weight excluding hydrogens is 420 g/mol. The third-order valence-corrected chi connectivity index (χ3v) is 5.46. The molecule has 2 aromatic rings. The Bertz CT molecular complexity index is 1010. The van der Waals surface area contributed by atoms with Gasteiger partial charge in [-0.05, 0) is 42.0 Å². The maximum absolute atomic E-state index is 13.7. The van der Waals surface area contributed by atoms with Crippen LogP contribution in [-0.4, -0.2) is 52.4 Å². The summed E-state index contributed by atoms with van der Waals surface area (Å²) in [6.45, 7) is -0.862. The molecule has 30 heavy (non-hydrogen) atoms. The van der Waals surface area contributed by atoms with E-state index in [1.165, 1.54) is 31.2 Å². The summed E-state index contributed by atoms with van der Waals surface area (Å²) >= 11 is 0. The number of carbonyl (C=O) groups excluding carboxylic acids is 2. The quantitative estimate of drug-likeness (QED) is 0.605. The first-order valence-corrected chi connectivity index (χ1v) is 10.2. The van der Waals surface area contributed by atoms with Crippen LogP contribution in [0.15, 0.2) is 47.4 Å². The smallest absolute Gasteiger partial charge is 0.242 e. The van der Waals surface area contributed by atoms with Crippen molar-refractivity contribution in [3.63, 3.8) is 0 Å². The third-order valence-electron chi connectivity index (χ3n) is 4.05. The number of amides is 2. The van der Waals surface area contributed by atoms with E-state index in [4.69, 9.17) is 4.74 Å². The summed E-state index contributed by atoms with van der Waals surface area (Å²) in [6, 6.07) is 8.39. The van der Waals surface area contributed by atoms with Crippen molar-refractivity contribution in [1.82, 2.24) is 14.9 Å². The zero-order valence-electron chi connectivity index (χ0n) is 16.3. The predicted octanol–water partition coefficient (Wildman–Crippen LogP) is 1.03. The molecule has 2 rings (SSSR count). The number of nitrogens with one attached hydrogen (secondary N) is 2. The molecule has 162 valence electrons. The van der Waals surface area contributed by atoms with Crippen LogP contribution < -0.4 is 14.8 Å². The third kappa shape index (κ3) is 6.49. The molecule has 0 saturated heterocycles. The Morgan fingerprint density at radius 1 is 1.07 bits per heavy atom. The highest BCUT2D eigenvalue weighted by atomic mass is 32.2. The molecule has 8 nitrogen and oxygen atoms in total. The lowest BCUT2D eigenvalue weighted by molar-refractivity contribution is -0.132. The van der Waals surface area contributed by atoms with E-state index in [9.17, 15) is 26.8 Å². The van der Waals surface area contributed by atoms with Crippen molar-refractivity contribution in [2.24, 2.45) is 0 Å². The minimum atomic E-state index is -4.00. The number of carbonyl (C=O) groups is 2. The van der Waals surface area contributed by atoms with Gasteiger partial charge in [-0.1, -0.05) is 6.07 Å². The highest BCUT2D eigenvalue weighted by Gasteiger charge is 2.17. The molecule has 0 aromatic heterocycles. The summed E-state index contributed by atoms with van der Waals surface area (Å²) < 4.78 is 57.6. The standard InChI is InChI=1S/C19H21F2N3O5S/c1-24(12-13-3-8-17(29-2)16(21)9-13)19(26)11-22-18(25)10-23-30(27,28)15-6-4-14(20)5-7-15/h3-9,23H,10-12H2,1-2H3,(H,22,25). The van der Waals surface area contributed by atoms with Crippen LogP contribution in [0.4, 0.5) is 8.78 Å². The van der Waals surface area contributed by atoms with Crippen LogP contribution in [0.25, 0.3) is 0 Å². The van der Waals surface area contributed by atoms with Gasteiger partial charge in [0.25, 0.3) is 0 Å². The summed E-state index contributed by atoms with van der Waals surface area (Å²) in [6.07, 6.45) is 0. The number of methoxy groups -OCH3 is 1. The maximum atomic E-state index is 13.7. The molecule has 0 fully saturated rings. The first kappa shape index (κ1) is 23.2. The molecular formula is C19H21F2N3O5S. The fourth-order valence-electron chi connectivity index (χ4n) is 2.40. The van der Waals surface area contributed by atoms with E-state index in [1.54, 1.807) is 6.07 Å². The lowest BCUT2D eigenvalue weighted by atomic mass is 10.2. The molecule has 0 aliphatic carbocycles. The maximum Gasteiger partial charge on any atom is 0.242 e. The SMILES string of the molecule is COc1ccc(CN(C)C(=O)CNC(=O)CNS(=O)(=O)c2ccc(F)cc2)cc1F. The van der Waals surface area contributed by atoms with Crippen molar-refractivity contribution >= 4 is 21.8 Å². The van der Waals surface area contributed by atoms with Crippen molar-refractivity contribution in [3.05, 3.63) is 59.7 Å². The summed E-state index contributed by atoms with van der Waals surface area (Å²) in [5.74, 6) is -2.24. The average Bonchev–Trinajstić information content (AvgIpc) is 2.71. The molecule has 11 heteroatoms. The van der Waals surface area contributed by atoms with Gasteiger partial charge in [-0.2, -0.15) is 0 Å². The largest absolute Gasteiger partial charge is 0.494 e. The molecule has 0 atom stereocenters. The van der Waals surface area contributed by atoms with Gasteiger partial charge in [0.2, 0.25) is 21.8 Å². The molecule has 2 aromatic carbocycles. The Morgan fingerprint density at radius 3 is 2.33 bits per heavy atom. The number of benzene rings is 2. The molecule has 0 unspecified atom stereocenters. The number of likely N-dealkylation sites (N-methyl/N-ethyl adjacent to an activating group) is 1. The normalized spacial score (nSPS) is 11.1. The van der Waals surface area contributed by atoms with E-state index < -0.39 is 40.0 Å². The number of hydrogen-bond acceptors (Lipinski definition) is 5. The van der Waals surface area contributed by atoms with Gasteiger partial charge in [0, 0.05) is 13.6 Å². The van der Waals surface area contributed by atoms with E-state index in [2.05, 4.69) is 10.0 Å². The van der Waals surface area contributed by atoms with E-state index in [0.29, 0.717) is 5.56 Å². The number of rotatable bonds is 9. The second kappa shape index (κ2) is 10.1. The van der Waals surface area contributed by atoms with Crippen molar-refractivity contribution in [2.75, 3.05) is 27.2 Å². The van der Waals surface area contributed by atoms with E-state index in [-0.39, 0.29) is 23.7 Å². The molecule has 0 heterocycles. The summed E-state index contributed by atoms with van der Waals surface area (Å²) in [7, 11) is -1.17. The fraction of sp³-hybridized carbons (Fsp3) is 0.263. The molecule has 0 saturated carbocycles. The van der Waals surface area contributed by atoms with Crippen LogP contribution in [0, 0.1) is 11.6 Å². The van der Waals surface area contributed by atoms with Crippen molar-refractivity contribution in [1.29, 1.82) is 0 Å². The Balaban J connectivity index is 1.81. The summed E-state index contributed by atoms with van der Waals surface area (Å²) in [4.78, 5) is 25.1. The second-order valence-electron chi connectivity index (χ2n) is 6.27. The van der Waals surface area contributed by atoms with Crippen molar-refractivity contribution in [2.45, 2.75) is 11.4 Å². The number of sulfonamides is 1. The number of halogens is 2. The zero-order chi connectivity index (χ0) is 22.3. The van der Waals surface area contributed by atoms with Crippen LogP contribution in [0.5, 0.6) is 5.75 Å². The highest BCUT2D eigenvalue weighted by molar-refractivity contribution is 7.89. The first-order valence-electron chi connectivity index (χ1n) is 8.70. The lowest BCUT2D eigenvalue weighted by Gasteiger charge is -2.18. The van der Waals surface area contributed by atoms with Gasteiger partial charge in [0.05, 0.1) is 25.1 Å². The van der Waals surface area contributed by atoms with Gasteiger partial charge in [-0.3, -0.25) is 9.59 Å². The lowest BCUT2D eigenvalue weighted by Crippen LogP contribution is -2.42. The van der Waals surface area contributed by atoms with Crippen LogP contribution in [0.2, 0.25) is 0 Å². The Labute approximate surface area is 172 Å². The minimum Gasteiger partial charge on any atom is -0.494 e. The number of hydrogen-bond donors (Lipinski definition) is 2. The Kier molecular flexibility index (Phi) is 7.84. The molecule has 0 aliphatic heterocycles.